The summed E-state index contributed by atoms with van der Waals surface area (Å²) in [5.41, 5.74) is 1.70. The Kier molecular flexibility index (Phi) is 4.60. The monoisotopic (exact) mass is 380 g/mol. The molecule has 0 spiro atoms. The van der Waals surface area contributed by atoms with Crippen LogP contribution in [0.1, 0.15) is 53.7 Å². The van der Waals surface area contributed by atoms with Crippen LogP contribution in [0.25, 0.3) is 10.9 Å². The molecule has 7 heteroatoms. The maximum atomic E-state index is 12.9. The molecule has 1 aliphatic carbocycles. The summed E-state index contributed by atoms with van der Waals surface area (Å²) in [6.07, 6.45) is 6.82. The van der Waals surface area contributed by atoms with E-state index in [0.717, 1.165) is 54.6 Å². The summed E-state index contributed by atoms with van der Waals surface area (Å²) >= 11 is 0. The van der Waals surface area contributed by atoms with E-state index in [9.17, 15) is 4.79 Å². The van der Waals surface area contributed by atoms with Gasteiger partial charge in [-0.3, -0.25) is 4.79 Å². The van der Waals surface area contributed by atoms with Crippen molar-refractivity contribution in [3.63, 3.8) is 0 Å². The molecule has 1 atom stereocenters. The van der Waals surface area contributed by atoms with E-state index in [1.165, 1.54) is 0 Å². The number of nitrogens with one attached hydrogen (secondary N) is 1. The van der Waals surface area contributed by atoms with Crippen LogP contribution in [0.5, 0.6) is 0 Å². The lowest BCUT2D eigenvalue weighted by molar-refractivity contribution is 0.00252. The van der Waals surface area contributed by atoms with Crippen LogP contribution in [0.3, 0.4) is 0 Å². The number of piperidine rings is 1. The van der Waals surface area contributed by atoms with E-state index in [2.05, 4.69) is 15.1 Å². The normalized spacial score (nSPS) is 20.0. The quantitative estimate of drug-likeness (QED) is 0.709. The molecule has 3 heterocycles. The smallest absolute Gasteiger partial charge is 0.254 e. The summed E-state index contributed by atoms with van der Waals surface area (Å²) in [7, 11) is 0. The van der Waals surface area contributed by atoms with Crippen molar-refractivity contribution >= 4 is 16.8 Å². The molecule has 2 aromatic heterocycles. The van der Waals surface area contributed by atoms with E-state index in [4.69, 9.17) is 9.26 Å². The number of carbonyl (C=O) groups is 1. The molecule has 1 aliphatic heterocycles. The molecule has 0 bridgehead atoms. The average molecular weight is 380 g/mol. The van der Waals surface area contributed by atoms with E-state index in [1.54, 1.807) is 0 Å². The third-order valence-corrected chi connectivity index (χ3v) is 5.56. The van der Waals surface area contributed by atoms with Crippen LogP contribution < -0.4 is 0 Å². The van der Waals surface area contributed by atoms with Crippen LogP contribution in [-0.2, 0) is 11.2 Å². The molecule has 2 aliphatic rings. The van der Waals surface area contributed by atoms with Gasteiger partial charge in [-0.05, 0) is 49.3 Å². The van der Waals surface area contributed by atoms with Gasteiger partial charge in [-0.15, -0.1) is 0 Å². The van der Waals surface area contributed by atoms with Gasteiger partial charge in [0.2, 0.25) is 5.89 Å². The number of H-pyrrole nitrogens is 1. The van der Waals surface area contributed by atoms with Gasteiger partial charge < -0.3 is 19.1 Å². The zero-order valence-corrected chi connectivity index (χ0v) is 15.8. The number of nitrogens with zero attached hydrogens (tertiary/aromatic N) is 3. The second kappa shape index (κ2) is 7.39. The number of carbonyl (C=O) groups excluding carboxylic acids is 1. The van der Waals surface area contributed by atoms with Crippen molar-refractivity contribution in [2.75, 3.05) is 19.7 Å². The first-order valence-corrected chi connectivity index (χ1v) is 10.1. The molecule has 1 saturated carbocycles. The molecule has 1 aromatic carbocycles. The minimum Gasteiger partial charge on any atom is -0.376 e. The number of hydrogen-bond donors (Lipinski definition) is 1. The van der Waals surface area contributed by atoms with Crippen LogP contribution in [0.2, 0.25) is 0 Å². The van der Waals surface area contributed by atoms with Crippen molar-refractivity contribution in [2.45, 2.75) is 44.1 Å². The second-order valence-corrected chi connectivity index (χ2v) is 7.74. The zero-order chi connectivity index (χ0) is 18.9. The van der Waals surface area contributed by atoms with Gasteiger partial charge in [-0.1, -0.05) is 11.2 Å². The molecular weight excluding hydrogens is 356 g/mol. The van der Waals surface area contributed by atoms with Crippen molar-refractivity contribution in [1.29, 1.82) is 0 Å². The Bertz CT molecular complexity index is 975. The number of aromatic nitrogens is 3. The third kappa shape index (κ3) is 3.67. The molecule has 2 fully saturated rings. The molecule has 1 N–H and O–H groups in total. The van der Waals surface area contributed by atoms with Crippen molar-refractivity contribution in [3.8, 4) is 0 Å². The van der Waals surface area contributed by atoms with Gasteiger partial charge >= 0.3 is 0 Å². The standard InChI is InChI=1S/C21H24N4O3/c26-21(16-6-3-14-7-9-22-18(14)12-16)25-10-1-2-17(13-25)27-11-8-19-23-20(28-24-19)15-4-5-15/h3,6-7,9,12,15,17,22H,1-2,4-5,8,10-11,13H2. The van der Waals surface area contributed by atoms with Crippen molar-refractivity contribution in [3.05, 3.63) is 47.7 Å². The van der Waals surface area contributed by atoms with Gasteiger partial charge in [0.1, 0.15) is 0 Å². The zero-order valence-electron chi connectivity index (χ0n) is 15.8. The maximum Gasteiger partial charge on any atom is 0.254 e. The number of amides is 1. The van der Waals surface area contributed by atoms with E-state index < -0.39 is 0 Å². The highest BCUT2D eigenvalue weighted by Gasteiger charge is 2.29. The number of likely N-dealkylation sites (tertiary alicyclic amines) is 1. The molecule has 1 unspecified atom stereocenters. The van der Waals surface area contributed by atoms with Crippen LogP contribution >= 0.6 is 0 Å². The number of fused-ring (bicyclic) bond motifs is 1. The fourth-order valence-electron chi connectivity index (χ4n) is 3.80. The highest BCUT2D eigenvalue weighted by atomic mass is 16.5. The highest BCUT2D eigenvalue weighted by Crippen LogP contribution is 2.38. The summed E-state index contributed by atoms with van der Waals surface area (Å²) in [6, 6.07) is 7.82. The number of ether oxygens (including phenoxy) is 1. The van der Waals surface area contributed by atoms with Crippen LogP contribution in [-0.4, -0.2) is 51.7 Å². The van der Waals surface area contributed by atoms with Gasteiger partial charge in [0.25, 0.3) is 5.91 Å². The van der Waals surface area contributed by atoms with E-state index in [-0.39, 0.29) is 12.0 Å². The Morgan fingerprint density at radius 3 is 3.11 bits per heavy atom. The predicted octanol–water partition coefficient (Wildman–Crippen LogP) is 3.29. The second-order valence-electron chi connectivity index (χ2n) is 7.74. The Morgan fingerprint density at radius 2 is 2.21 bits per heavy atom. The first-order chi connectivity index (χ1) is 13.8. The number of hydrogen-bond acceptors (Lipinski definition) is 5. The molecular formula is C21H24N4O3. The van der Waals surface area contributed by atoms with Gasteiger partial charge in [-0.25, -0.2) is 0 Å². The molecule has 146 valence electrons. The molecule has 3 aromatic rings. The van der Waals surface area contributed by atoms with Gasteiger partial charge in [0.15, 0.2) is 5.82 Å². The fraction of sp³-hybridized carbons (Fsp3) is 0.476. The molecule has 28 heavy (non-hydrogen) atoms. The van der Waals surface area contributed by atoms with E-state index in [0.29, 0.717) is 31.3 Å². The fourth-order valence-corrected chi connectivity index (χ4v) is 3.80. The van der Waals surface area contributed by atoms with Gasteiger partial charge in [0.05, 0.1) is 12.7 Å². The summed E-state index contributed by atoms with van der Waals surface area (Å²) in [5, 5.41) is 5.14. The maximum absolute atomic E-state index is 12.9. The molecule has 1 saturated heterocycles. The highest BCUT2D eigenvalue weighted by molar-refractivity contribution is 5.98. The molecule has 1 amide bonds. The summed E-state index contributed by atoms with van der Waals surface area (Å²) in [6.45, 7) is 1.95. The van der Waals surface area contributed by atoms with Crippen molar-refractivity contribution in [2.24, 2.45) is 0 Å². The minimum absolute atomic E-state index is 0.0572. The molecule has 7 nitrogen and oxygen atoms in total. The summed E-state index contributed by atoms with van der Waals surface area (Å²) < 4.78 is 11.3. The largest absolute Gasteiger partial charge is 0.376 e. The summed E-state index contributed by atoms with van der Waals surface area (Å²) in [4.78, 5) is 22.4. The first kappa shape index (κ1) is 17.4. The Balaban J connectivity index is 1.15. The van der Waals surface area contributed by atoms with Gasteiger partial charge in [-0.2, -0.15) is 4.98 Å². The minimum atomic E-state index is 0.0572. The lowest BCUT2D eigenvalue weighted by atomic mass is 10.1. The van der Waals surface area contributed by atoms with E-state index in [1.807, 2.05) is 35.4 Å². The molecule has 0 radical (unpaired) electrons. The van der Waals surface area contributed by atoms with Crippen molar-refractivity contribution < 1.29 is 14.1 Å². The Hall–Kier alpha value is -2.67. The van der Waals surface area contributed by atoms with Crippen LogP contribution in [0.4, 0.5) is 0 Å². The Labute approximate surface area is 163 Å². The number of aromatic amines is 1. The van der Waals surface area contributed by atoms with E-state index >= 15 is 0 Å². The average Bonchev–Trinajstić information content (AvgIpc) is 3.28. The van der Waals surface area contributed by atoms with Crippen molar-refractivity contribution in [1.82, 2.24) is 20.0 Å². The number of rotatable bonds is 6. The lowest BCUT2D eigenvalue weighted by Crippen LogP contribution is -2.43. The van der Waals surface area contributed by atoms with Crippen LogP contribution in [0, 0.1) is 0 Å². The number of benzene rings is 1. The SMILES string of the molecule is O=C(c1ccc2cc[nH]c2c1)N1CCCC(OCCc2noc(C3CC3)n2)C1. The third-order valence-electron chi connectivity index (χ3n) is 5.56. The lowest BCUT2D eigenvalue weighted by Gasteiger charge is -2.32. The molecule has 5 rings (SSSR count). The van der Waals surface area contributed by atoms with Gasteiger partial charge in [0, 0.05) is 42.7 Å². The van der Waals surface area contributed by atoms with Crippen LogP contribution in [0.15, 0.2) is 35.0 Å². The summed E-state index contributed by atoms with van der Waals surface area (Å²) in [5.74, 6) is 2.02. The predicted molar refractivity (Wildman–Crippen MR) is 103 cm³/mol. The Morgan fingerprint density at radius 1 is 1.29 bits per heavy atom. The first-order valence-electron chi connectivity index (χ1n) is 10.1. The topological polar surface area (TPSA) is 84.2 Å².